The summed E-state index contributed by atoms with van der Waals surface area (Å²) in [4.78, 5) is 22.8. The third-order valence-electron chi connectivity index (χ3n) is 4.93. The number of hydrazone groups is 1. The summed E-state index contributed by atoms with van der Waals surface area (Å²) in [6.07, 6.45) is 1.39. The van der Waals surface area contributed by atoms with Crippen molar-refractivity contribution in [2.45, 2.75) is 6.61 Å². The van der Waals surface area contributed by atoms with E-state index in [1.165, 1.54) is 43.7 Å². The smallest absolute Gasteiger partial charge is 0.307 e. The molecule has 0 radical (unpaired) electrons. The fraction of sp³-hybridized carbons (Fsp3) is 0.0833. The predicted octanol–water partition coefficient (Wildman–Crippen LogP) is 5.59. The van der Waals surface area contributed by atoms with Gasteiger partial charge in [0.2, 0.25) is 0 Å². The number of rotatable bonds is 8. The van der Waals surface area contributed by atoms with Crippen LogP contribution in [0.15, 0.2) is 74.7 Å². The Hall–Kier alpha value is -4.25. The van der Waals surface area contributed by atoms with Gasteiger partial charge in [-0.25, -0.2) is 9.82 Å². The number of ether oxygens (including phenoxy) is 2. The molecule has 178 valence electrons. The largest absolute Gasteiger partial charge is 0.493 e. The Morgan fingerprint density at radius 3 is 2.74 bits per heavy atom. The molecule has 0 saturated carbocycles. The van der Waals surface area contributed by atoms with E-state index < -0.39 is 10.8 Å². The van der Waals surface area contributed by atoms with Crippen LogP contribution in [0.4, 0.5) is 10.1 Å². The number of benzene rings is 3. The molecule has 1 amide bonds. The monoisotopic (exact) mass is 541 g/mol. The van der Waals surface area contributed by atoms with Gasteiger partial charge in [0, 0.05) is 33.1 Å². The molecule has 9 nitrogen and oxygen atoms in total. The number of carbonyl (C=O) groups excluding carboxylic acids is 1. The van der Waals surface area contributed by atoms with Gasteiger partial charge >= 0.3 is 5.91 Å². The van der Waals surface area contributed by atoms with Crippen LogP contribution in [0.3, 0.4) is 0 Å². The Balaban J connectivity index is 1.45. The molecule has 0 fully saturated rings. The molecule has 1 heterocycles. The normalized spacial score (nSPS) is 11.1. The number of nitrogens with zero attached hydrogens (tertiary/aromatic N) is 2. The maximum Gasteiger partial charge on any atom is 0.307 e. The molecular formula is C24H17BrFN3O6. The van der Waals surface area contributed by atoms with Gasteiger partial charge in [-0.15, -0.1) is 0 Å². The second kappa shape index (κ2) is 10.3. The Labute approximate surface area is 206 Å². The van der Waals surface area contributed by atoms with Crippen LogP contribution in [-0.4, -0.2) is 24.2 Å². The average molecular weight is 542 g/mol. The maximum atomic E-state index is 13.8. The predicted molar refractivity (Wildman–Crippen MR) is 129 cm³/mol. The Kier molecular flexibility index (Phi) is 7.06. The molecule has 1 N–H and O–H groups in total. The number of carbonyl (C=O) groups is 1. The van der Waals surface area contributed by atoms with Crippen molar-refractivity contribution in [1.29, 1.82) is 0 Å². The average Bonchev–Trinajstić information content (AvgIpc) is 3.28. The van der Waals surface area contributed by atoms with E-state index in [1.54, 1.807) is 30.3 Å². The van der Waals surface area contributed by atoms with E-state index in [1.807, 2.05) is 0 Å². The van der Waals surface area contributed by atoms with E-state index in [0.29, 0.717) is 38.1 Å². The minimum absolute atomic E-state index is 0.0135. The Morgan fingerprint density at radius 1 is 1.20 bits per heavy atom. The number of fused-ring (bicyclic) bond motifs is 1. The second-order valence-corrected chi connectivity index (χ2v) is 8.05. The number of furan rings is 1. The lowest BCUT2D eigenvalue weighted by Gasteiger charge is -2.13. The van der Waals surface area contributed by atoms with Crippen molar-refractivity contribution >= 4 is 44.7 Å². The number of methoxy groups -OCH3 is 1. The van der Waals surface area contributed by atoms with Crippen LogP contribution in [0.2, 0.25) is 0 Å². The summed E-state index contributed by atoms with van der Waals surface area (Å²) in [5.74, 6) is -0.275. The number of nitro groups is 1. The fourth-order valence-corrected chi connectivity index (χ4v) is 3.59. The fourth-order valence-electron chi connectivity index (χ4n) is 3.16. The highest BCUT2D eigenvalue weighted by Crippen LogP contribution is 2.33. The molecule has 35 heavy (non-hydrogen) atoms. The van der Waals surface area contributed by atoms with Crippen LogP contribution >= 0.6 is 15.9 Å². The molecule has 0 atom stereocenters. The zero-order valence-corrected chi connectivity index (χ0v) is 19.7. The van der Waals surface area contributed by atoms with Crippen LogP contribution in [0.5, 0.6) is 11.5 Å². The van der Waals surface area contributed by atoms with Crippen LogP contribution in [0.1, 0.15) is 21.7 Å². The maximum absolute atomic E-state index is 13.8. The molecule has 4 aromatic rings. The molecule has 0 spiro atoms. The molecule has 4 rings (SSSR count). The van der Waals surface area contributed by atoms with E-state index in [2.05, 4.69) is 26.5 Å². The van der Waals surface area contributed by atoms with Gasteiger partial charge in [-0.05, 0) is 46.3 Å². The molecule has 0 unspecified atom stereocenters. The van der Waals surface area contributed by atoms with Gasteiger partial charge in [0.05, 0.1) is 18.2 Å². The van der Waals surface area contributed by atoms with Crippen molar-refractivity contribution in [3.05, 3.63) is 98.0 Å². The van der Waals surface area contributed by atoms with Crippen LogP contribution in [0, 0.1) is 15.9 Å². The number of halogens is 2. The van der Waals surface area contributed by atoms with Crippen molar-refractivity contribution in [2.75, 3.05) is 7.11 Å². The molecule has 0 aliphatic carbocycles. The van der Waals surface area contributed by atoms with Gasteiger partial charge in [0.25, 0.3) is 5.69 Å². The summed E-state index contributed by atoms with van der Waals surface area (Å²) in [6, 6.07) is 15.0. The highest BCUT2D eigenvalue weighted by molar-refractivity contribution is 9.10. The summed E-state index contributed by atoms with van der Waals surface area (Å²) >= 11 is 3.42. The Bertz CT molecular complexity index is 1450. The summed E-state index contributed by atoms with van der Waals surface area (Å²) in [5, 5.41) is 15.3. The third kappa shape index (κ3) is 5.46. The van der Waals surface area contributed by atoms with E-state index in [-0.39, 0.29) is 23.9 Å². The summed E-state index contributed by atoms with van der Waals surface area (Å²) in [5.41, 5.74) is 3.55. The molecule has 0 saturated heterocycles. The van der Waals surface area contributed by atoms with Crippen molar-refractivity contribution in [1.82, 2.24) is 5.43 Å². The quantitative estimate of drug-likeness (QED) is 0.176. The zero-order valence-electron chi connectivity index (χ0n) is 18.2. The minimum Gasteiger partial charge on any atom is -0.493 e. The summed E-state index contributed by atoms with van der Waals surface area (Å²) < 4.78 is 31.0. The van der Waals surface area contributed by atoms with E-state index >= 15 is 0 Å². The summed E-state index contributed by atoms with van der Waals surface area (Å²) in [6.45, 7) is 0.0135. The van der Waals surface area contributed by atoms with Crippen molar-refractivity contribution in [3.8, 4) is 11.5 Å². The van der Waals surface area contributed by atoms with E-state index in [4.69, 9.17) is 13.9 Å². The van der Waals surface area contributed by atoms with E-state index in [0.717, 1.165) is 0 Å². The van der Waals surface area contributed by atoms with Crippen molar-refractivity contribution in [3.63, 3.8) is 0 Å². The standard InChI is InChI=1S/C24H17BrFN3O6/c1-33-21-10-16(18(25)11-22(21)34-13-14-4-2-3-5-19(14)26)12-27-28-24(30)23-9-15-8-17(29(31)32)6-7-20(15)35-23/h2-12H,13H2,1H3,(H,28,30)/b27-12-. The van der Waals surface area contributed by atoms with Gasteiger partial charge < -0.3 is 13.9 Å². The number of non-ortho nitro benzene ring substituents is 1. The number of nitro benzene ring substituents is 1. The first-order valence-electron chi connectivity index (χ1n) is 10.1. The van der Waals surface area contributed by atoms with Gasteiger partial charge in [-0.1, -0.05) is 18.2 Å². The van der Waals surface area contributed by atoms with Crippen molar-refractivity contribution < 1.29 is 28.0 Å². The van der Waals surface area contributed by atoms with E-state index in [9.17, 15) is 19.3 Å². The van der Waals surface area contributed by atoms with Crippen LogP contribution in [0.25, 0.3) is 11.0 Å². The minimum atomic E-state index is -0.631. The van der Waals surface area contributed by atoms with Gasteiger partial charge in [-0.3, -0.25) is 14.9 Å². The lowest BCUT2D eigenvalue weighted by Crippen LogP contribution is -2.16. The number of amides is 1. The first-order valence-corrected chi connectivity index (χ1v) is 10.9. The summed E-state index contributed by atoms with van der Waals surface area (Å²) in [7, 11) is 1.47. The number of nitrogens with one attached hydrogen (secondary N) is 1. The van der Waals surface area contributed by atoms with Crippen LogP contribution in [-0.2, 0) is 6.61 Å². The lowest BCUT2D eigenvalue weighted by atomic mass is 10.2. The van der Waals surface area contributed by atoms with Gasteiger partial charge in [0.1, 0.15) is 18.0 Å². The highest BCUT2D eigenvalue weighted by Gasteiger charge is 2.15. The molecule has 3 aromatic carbocycles. The molecule has 1 aromatic heterocycles. The van der Waals surface area contributed by atoms with Crippen LogP contribution < -0.4 is 14.9 Å². The third-order valence-corrected chi connectivity index (χ3v) is 5.61. The molecule has 0 bridgehead atoms. The first-order chi connectivity index (χ1) is 16.9. The number of hydrogen-bond donors (Lipinski definition) is 1. The highest BCUT2D eigenvalue weighted by atomic mass is 79.9. The molecule has 0 aliphatic rings. The number of hydrogen-bond acceptors (Lipinski definition) is 7. The lowest BCUT2D eigenvalue weighted by molar-refractivity contribution is -0.384. The zero-order chi connectivity index (χ0) is 24.9. The molecular weight excluding hydrogens is 525 g/mol. The Morgan fingerprint density at radius 2 is 2.00 bits per heavy atom. The van der Waals surface area contributed by atoms with Crippen molar-refractivity contribution in [2.24, 2.45) is 5.10 Å². The van der Waals surface area contributed by atoms with Gasteiger partial charge in [0.15, 0.2) is 17.3 Å². The topological polar surface area (TPSA) is 116 Å². The first kappa shape index (κ1) is 23.9. The second-order valence-electron chi connectivity index (χ2n) is 7.19. The SMILES string of the molecule is COc1cc(/C=N\NC(=O)c2cc3cc([N+](=O)[O-])ccc3o2)c(Br)cc1OCc1ccccc1F. The molecule has 11 heteroatoms. The molecule has 0 aliphatic heterocycles. The van der Waals surface area contributed by atoms with Gasteiger partial charge in [-0.2, -0.15) is 5.10 Å².